The minimum Gasteiger partial charge on any atom is -0.496 e. The summed E-state index contributed by atoms with van der Waals surface area (Å²) >= 11 is 0. The number of rotatable bonds is 5. The van der Waals surface area contributed by atoms with E-state index < -0.39 is 0 Å². The van der Waals surface area contributed by atoms with Crippen molar-refractivity contribution in [2.24, 2.45) is 0 Å². The molecule has 5 heteroatoms. The van der Waals surface area contributed by atoms with Gasteiger partial charge in [-0.3, -0.25) is 0 Å². The number of amides is 2. The van der Waals surface area contributed by atoms with Gasteiger partial charge in [-0.15, -0.1) is 0 Å². The van der Waals surface area contributed by atoms with Crippen molar-refractivity contribution >= 4 is 6.03 Å². The van der Waals surface area contributed by atoms with E-state index in [0.29, 0.717) is 6.04 Å². The van der Waals surface area contributed by atoms with Crippen molar-refractivity contribution in [3.63, 3.8) is 0 Å². The molecule has 0 aliphatic carbocycles. The predicted molar refractivity (Wildman–Crippen MR) is 95.3 cm³/mol. The maximum Gasteiger partial charge on any atom is 0.318 e. The van der Waals surface area contributed by atoms with E-state index in [9.17, 15) is 4.79 Å². The Kier molecular flexibility index (Phi) is 5.61. The predicted octanol–water partition coefficient (Wildman–Crippen LogP) is 3.03. The molecular formula is C19H29N3O2. The van der Waals surface area contributed by atoms with Crippen LogP contribution in [0.1, 0.15) is 44.2 Å². The van der Waals surface area contributed by atoms with Crippen LogP contribution < -0.4 is 10.1 Å². The average molecular weight is 331 g/mol. The lowest BCUT2D eigenvalue weighted by Gasteiger charge is -2.30. The van der Waals surface area contributed by atoms with E-state index in [1.165, 1.54) is 25.9 Å². The van der Waals surface area contributed by atoms with Gasteiger partial charge in [0, 0.05) is 24.7 Å². The van der Waals surface area contributed by atoms with Crippen LogP contribution in [0.15, 0.2) is 24.3 Å². The minimum absolute atomic E-state index is 0.0510. The molecule has 2 heterocycles. The normalized spacial score (nSPS) is 22.6. The summed E-state index contributed by atoms with van der Waals surface area (Å²) < 4.78 is 5.41. The topological polar surface area (TPSA) is 44.8 Å². The molecule has 3 rings (SSSR count). The Balaban J connectivity index is 1.60. The molecular weight excluding hydrogens is 302 g/mol. The first-order chi connectivity index (χ1) is 11.7. The van der Waals surface area contributed by atoms with Gasteiger partial charge in [0.2, 0.25) is 0 Å². The Labute approximate surface area is 145 Å². The van der Waals surface area contributed by atoms with E-state index in [4.69, 9.17) is 4.74 Å². The van der Waals surface area contributed by atoms with E-state index in [-0.39, 0.29) is 12.1 Å². The fourth-order valence-electron chi connectivity index (χ4n) is 3.93. The summed E-state index contributed by atoms with van der Waals surface area (Å²) in [7, 11) is 1.67. The largest absolute Gasteiger partial charge is 0.496 e. The molecule has 2 atom stereocenters. The van der Waals surface area contributed by atoms with Crippen molar-refractivity contribution in [1.82, 2.24) is 15.1 Å². The van der Waals surface area contributed by atoms with Crippen molar-refractivity contribution in [3.8, 4) is 5.75 Å². The molecule has 5 nitrogen and oxygen atoms in total. The third kappa shape index (κ3) is 3.83. The standard InChI is InChI=1S/C19H29N3O2/c1-15(17-9-3-4-10-18(17)24-2)20-19(23)22-13-7-8-16(22)14-21-11-5-6-12-21/h3-4,9-10,15-16H,5-8,11-14H2,1-2H3,(H,20,23)/t15-,16+/m0/s1. The molecule has 0 spiro atoms. The Hall–Kier alpha value is -1.75. The molecule has 2 fully saturated rings. The van der Waals surface area contributed by atoms with Crippen molar-refractivity contribution in [1.29, 1.82) is 0 Å². The van der Waals surface area contributed by atoms with Gasteiger partial charge >= 0.3 is 6.03 Å². The Morgan fingerprint density at radius 3 is 2.75 bits per heavy atom. The second-order valence-corrected chi connectivity index (χ2v) is 6.91. The highest BCUT2D eigenvalue weighted by molar-refractivity contribution is 5.75. The molecule has 0 bridgehead atoms. The fraction of sp³-hybridized carbons (Fsp3) is 0.632. The van der Waals surface area contributed by atoms with E-state index in [1.54, 1.807) is 7.11 Å². The van der Waals surface area contributed by atoms with Gasteiger partial charge in [-0.1, -0.05) is 18.2 Å². The number of ether oxygens (including phenoxy) is 1. The maximum absolute atomic E-state index is 12.8. The molecule has 24 heavy (non-hydrogen) atoms. The van der Waals surface area contributed by atoms with E-state index in [0.717, 1.165) is 37.2 Å². The summed E-state index contributed by atoms with van der Waals surface area (Å²) in [6, 6.07) is 8.21. The van der Waals surface area contributed by atoms with E-state index in [1.807, 2.05) is 36.1 Å². The number of nitrogens with zero attached hydrogens (tertiary/aromatic N) is 2. The number of hydrogen-bond donors (Lipinski definition) is 1. The Morgan fingerprint density at radius 2 is 2.00 bits per heavy atom. The summed E-state index contributed by atoms with van der Waals surface area (Å²) in [5, 5.41) is 3.16. The highest BCUT2D eigenvalue weighted by Crippen LogP contribution is 2.26. The summed E-state index contributed by atoms with van der Waals surface area (Å²) in [6.07, 6.45) is 4.81. The van der Waals surface area contributed by atoms with Gasteiger partial charge in [-0.2, -0.15) is 0 Å². The number of hydrogen-bond acceptors (Lipinski definition) is 3. The zero-order valence-corrected chi connectivity index (χ0v) is 14.8. The molecule has 2 amide bonds. The van der Waals surface area contributed by atoms with Gasteiger partial charge in [0.05, 0.1) is 13.2 Å². The molecule has 2 aliphatic rings. The molecule has 1 aromatic rings. The monoisotopic (exact) mass is 331 g/mol. The summed E-state index contributed by atoms with van der Waals surface area (Å²) in [4.78, 5) is 17.3. The molecule has 0 aromatic heterocycles. The first kappa shape index (κ1) is 17.1. The highest BCUT2D eigenvalue weighted by atomic mass is 16.5. The molecule has 1 N–H and O–H groups in total. The molecule has 0 saturated carbocycles. The quantitative estimate of drug-likeness (QED) is 0.902. The van der Waals surface area contributed by atoms with Crippen LogP contribution in [0.4, 0.5) is 4.79 Å². The number of carbonyl (C=O) groups is 1. The minimum atomic E-state index is -0.0679. The van der Waals surface area contributed by atoms with Crippen LogP contribution in [-0.2, 0) is 0 Å². The van der Waals surface area contributed by atoms with Gasteiger partial charge in [0.15, 0.2) is 0 Å². The molecule has 2 aliphatic heterocycles. The fourth-order valence-corrected chi connectivity index (χ4v) is 3.93. The van der Waals surface area contributed by atoms with Crippen LogP contribution in [-0.4, -0.2) is 55.2 Å². The lowest BCUT2D eigenvalue weighted by molar-refractivity contribution is 0.172. The van der Waals surface area contributed by atoms with Gasteiger partial charge in [-0.25, -0.2) is 4.79 Å². The maximum atomic E-state index is 12.8. The Morgan fingerprint density at radius 1 is 1.25 bits per heavy atom. The first-order valence-corrected chi connectivity index (χ1v) is 9.11. The van der Waals surface area contributed by atoms with Crippen molar-refractivity contribution < 1.29 is 9.53 Å². The van der Waals surface area contributed by atoms with Crippen molar-refractivity contribution in [2.45, 2.75) is 44.7 Å². The number of likely N-dealkylation sites (tertiary alicyclic amines) is 2. The number of benzene rings is 1. The number of carbonyl (C=O) groups excluding carboxylic acids is 1. The zero-order chi connectivity index (χ0) is 16.9. The van der Waals surface area contributed by atoms with Gasteiger partial charge in [-0.05, 0) is 51.8 Å². The van der Waals surface area contributed by atoms with Crippen LogP contribution in [0.5, 0.6) is 5.75 Å². The SMILES string of the molecule is COc1ccccc1[C@H](C)NC(=O)N1CCC[C@@H]1CN1CCCC1. The Bertz CT molecular complexity index is 557. The van der Waals surface area contributed by atoms with Gasteiger partial charge in [0.1, 0.15) is 5.75 Å². The number of nitrogens with one attached hydrogen (secondary N) is 1. The van der Waals surface area contributed by atoms with E-state index in [2.05, 4.69) is 10.2 Å². The van der Waals surface area contributed by atoms with Crippen LogP contribution >= 0.6 is 0 Å². The molecule has 2 saturated heterocycles. The van der Waals surface area contributed by atoms with Crippen LogP contribution in [0.2, 0.25) is 0 Å². The smallest absolute Gasteiger partial charge is 0.318 e. The third-order valence-corrected chi connectivity index (χ3v) is 5.25. The van der Waals surface area contributed by atoms with Crippen molar-refractivity contribution in [3.05, 3.63) is 29.8 Å². The summed E-state index contributed by atoms with van der Waals surface area (Å²) in [5.41, 5.74) is 1.02. The number of urea groups is 1. The lowest BCUT2D eigenvalue weighted by atomic mass is 10.1. The molecule has 1 aromatic carbocycles. The van der Waals surface area contributed by atoms with Gasteiger partial charge in [0.25, 0.3) is 0 Å². The van der Waals surface area contributed by atoms with Crippen LogP contribution in [0, 0.1) is 0 Å². The van der Waals surface area contributed by atoms with Crippen molar-refractivity contribution in [2.75, 3.05) is 33.3 Å². The summed E-state index contributed by atoms with van der Waals surface area (Å²) in [6.45, 7) is 6.27. The number of para-hydroxylation sites is 1. The van der Waals surface area contributed by atoms with Crippen LogP contribution in [0.3, 0.4) is 0 Å². The summed E-state index contributed by atoms with van der Waals surface area (Å²) in [5.74, 6) is 0.820. The zero-order valence-electron chi connectivity index (χ0n) is 14.8. The third-order valence-electron chi connectivity index (χ3n) is 5.25. The molecule has 0 radical (unpaired) electrons. The van der Waals surface area contributed by atoms with E-state index >= 15 is 0 Å². The van der Waals surface area contributed by atoms with Crippen LogP contribution in [0.25, 0.3) is 0 Å². The highest BCUT2D eigenvalue weighted by Gasteiger charge is 2.31. The molecule has 0 unspecified atom stereocenters. The second kappa shape index (κ2) is 7.88. The first-order valence-electron chi connectivity index (χ1n) is 9.11. The number of methoxy groups -OCH3 is 1. The average Bonchev–Trinajstić information content (AvgIpc) is 3.27. The second-order valence-electron chi connectivity index (χ2n) is 6.91. The lowest BCUT2D eigenvalue weighted by Crippen LogP contribution is -2.47. The molecule has 132 valence electrons. The van der Waals surface area contributed by atoms with Gasteiger partial charge < -0.3 is 19.9 Å².